The third-order valence-electron chi connectivity index (χ3n) is 7.24. The molecule has 1 aliphatic rings. The molecule has 0 spiro atoms. The minimum absolute atomic E-state index is 0.0164. The van der Waals surface area contributed by atoms with Crippen molar-refractivity contribution in [3.63, 3.8) is 0 Å². The fourth-order valence-electron chi connectivity index (χ4n) is 4.28. The molecular weight excluding hydrogens is 423 g/mol. The Kier molecular flexibility index (Phi) is 9.06. The zero-order chi connectivity index (χ0) is 24.2. The van der Waals surface area contributed by atoms with E-state index in [-0.39, 0.29) is 24.1 Å². The van der Waals surface area contributed by atoms with Crippen LogP contribution in [-0.4, -0.2) is 28.2 Å². The third kappa shape index (κ3) is 7.10. The average molecular weight is 467 g/mol. The molecule has 0 saturated carbocycles. The Balaban J connectivity index is 2.09. The number of allylic oxidation sites excluding steroid dienone is 1. The Hall–Kier alpha value is -1.29. The summed E-state index contributed by atoms with van der Waals surface area (Å²) in [5.74, 6) is 3.10. The van der Waals surface area contributed by atoms with Crippen LogP contribution in [0.3, 0.4) is 0 Å². The first-order valence-electron chi connectivity index (χ1n) is 11.9. The molecule has 6 heteroatoms. The minimum Gasteiger partial charge on any atom is -0.493 e. The average Bonchev–Trinajstić information content (AvgIpc) is 2.66. The SMILES string of the molecule is CC(C)CCCC(C)CC=CC1(C)Oc2ccc(OCCP(=O)(O)O)cc2C(C)C1(C)C. The topological polar surface area (TPSA) is 76.0 Å². The maximum absolute atomic E-state index is 11.1. The van der Waals surface area contributed by atoms with Crippen molar-refractivity contribution in [2.75, 3.05) is 12.8 Å². The highest BCUT2D eigenvalue weighted by Crippen LogP contribution is 2.54. The Bertz CT molecular complexity index is 826. The van der Waals surface area contributed by atoms with E-state index in [4.69, 9.17) is 19.3 Å². The summed E-state index contributed by atoms with van der Waals surface area (Å²) in [6, 6.07) is 5.67. The van der Waals surface area contributed by atoms with Gasteiger partial charge >= 0.3 is 7.60 Å². The van der Waals surface area contributed by atoms with Crippen molar-refractivity contribution in [3.05, 3.63) is 35.9 Å². The van der Waals surface area contributed by atoms with Crippen LogP contribution >= 0.6 is 7.60 Å². The molecule has 3 unspecified atom stereocenters. The van der Waals surface area contributed by atoms with E-state index in [1.54, 1.807) is 0 Å². The Labute approximate surface area is 194 Å². The lowest BCUT2D eigenvalue weighted by Gasteiger charge is -2.50. The maximum atomic E-state index is 11.1. The van der Waals surface area contributed by atoms with Crippen molar-refractivity contribution in [3.8, 4) is 11.5 Å². The summed E-state index contributed by atoms with van der Waals surface area (Å²) in [6.45, 7) is 15.7. The van der Waals surface area contributed by atoms with Gasteiger partial charge in [0.15, 0.2) is 0 Å². The highest BCUT2D eigenvalue weighted by Gasteiger charge is 2.49. The summed E-state index contributed by atoms with van der Waals surface area (Å²) in [4.78, 5) is 18.1. The lowest BCUT2D eigenvalue weighted by Crippen LogP contribution is -2.51. The van der Waals surface area contributed by atoms with Crippen molar-refractivity contribution >= 4 is 7.60 Å². The second-order valence-electron chi connectivity index (χ2n) is 10.7. The lowest BCUT2D eigenvalue weighted by molar-refractivity contribution is -0.0193. The van der Waals surface area contributed by atoms with E-state index in [9.17, 15) is 4.57 Å². The molecule has 182 valence electrons. The van der Waals surface area contributed by atoms with E-state index >= 15 is 0 Å². The van der Waals surface area contributed by atoms with Gasteiger partial charge in [-0.15, -0.1) is 0 Å². The Morgan fingerprint density at radius 2 is 1.88 bits per heavy atom. The summed E-state index contributed by atoms with van der Waals surface area (Å²) in [5.41, 5.74) is 0.485. The molecule has 0 aromatic heterocycles. The summed E-state index contributed by atoms with van der Waals surface area (Å²) in [5, 5.41) is 0. The Morgan fingerprint density at radius 1 is 1.19 bits per heavy atom. The van der Waals surface area contributed by atoms with Gasteiger partial charge < -0.3 is 19.3 Å². The van der Waals surface area contributed by atoms with E-state index in [1.165, 1.54) is 19.3 Å². The summed E-state index contributed by atoms with van der Waals surface area (Å²) in [7, 11) is -4.06. The van der Waals surface area contributed by atoms with Gasteiger partial charge in [-0.1, -0.05) is 66.9 Å². The first-order chi connectivity index (χ1) is 14.7. The fraction of sp³-hybridized carbons (Fsp3) is 0.692. The van der Waals surface area contributed by atoms with Crippen molar-refractivity contribution in [1.82, 2.24) is 0 Å². The lowest BCUT2D eigenvalue weighted by atomic mass is 9.63. The largest absolute Gasteiger partial charge is 0.493 e. The number of ether oxygens (including phenoxy) is 2. The van der Waals surface area contributed by atoms with Gasteiger partial charge in [0.2, 0.25) is 0 Å². The molecule has 1 aromatic carbocycles. The van der Waals surface area contributed by atoms with Crippen LogP contribution in [0, 0.1) is 17.3 Å². The second kappa shape index (κ2) is 10.8. The van der Waals surface area contributed by atoms with E-state index in [0.29, 0.717) is 11.7 Å². The molecule has 2 N–H and O–H groups in total. The third-order valence-corrected chi connectivity index (χ3v) is 8.00. The van der Waals surface area contributed by atoms with Crippen LogP contribution in [0.2, 0.25) is 0 Å². The van der Waals surface area contributed by atoms with Gasteiger partial charge in [-0.2, -0.15) is 0 Å². The molecule has 0 aliphatic carbocycles. The zero-order valence-electron chi connectivity index (χ0n) is 20.9. The summed E-state index contributed by atoms with van der Waals surface area (Å²) < 4.78 is 23.2. The van der Waals surface area contributed by atoms with E-state index in [0.717, 1.165) is 23.7 Å². The van der Waals surface area contributed by atoms with Gasteiger partial charge in [-0.3, -0.25) is 4.57 Å². The zero-order valence-corrected chi connectivity index (χ0v) is 21.8. The first kappa shape index (κ1) is 27.0. The summed E-state index contributed by atoms with van der Waals surface area (Å²) in [6.07, 6.45) is 9.14. The van der Waals surface area contributed by atoms with Crippen LogP contribution in [0.4, 0.5) is 0 Å². The molecule has 32 heavy (non-hydrogen) atoms. The van der Waals surface area contributed by atoms with Crippen molar-refractivity contribution in [2.45, 2.75) is 85.7 Å². The van der Waals surface area contributed by atoms with Gasteiger partial charge in [0.25, 0.3) is 0 Å². The van der Waals surface area contributed by atoms with Crippen LogP contribution in [0.1, 0.15) is 85.6 Å². The van der Waals surface area contributed by atoms with Crippen LogP contribution < -0.4 is 9.47 Å². The maximum Gasteiger partial charge on any atom is 0.328 e. The van der Waals surface area contributed by atoms with Gasteiger partial charge in [-0.05, 0) is 55.4 Å². The molecule has 5 nitrogen and oxygen atoms in total. The van der Waals surface area contributed by atoms with Crippen LogP contribution in [0.25, 0.3) is 0 Å². The predicted molar refractivity (Wildman–Crippen MR) is 132 cm³/mol. The summed E-state index contributed by atoms with van der Waals surface area (Å²) >= 11 is 0. The molecule has 0 fully saturated rings. The van der Waals surface area contributed by atoms with E-state index in [1.807, 2.05) is 18.2 Å². The van der Waals surface area contributed by atoms with Crippen LogP contribution in [-0.2, 0) is 4.57 Å². The number of benzene rings is 1. The van der Waals surface area contributed by atoms with Crippen LogP contribution in [0.5, 0.6) is 11.5 Å². The van der Waals surface area contributed by atoms with Gasteiger partial charge in [0.1, 0.15) is 17.1 Å². The molecule has 0 saturated heterocycles. The molecular formula is C26H43O5P. The highest BCUT2D eigenvalue weighted by atomic mass is 31.2. The standard InChI is InChI=1S/C26H43O5P/c1-19(2)10-8-11-20(3)12-9-15-26(7)25(5,6)21(4)23-18-22(13-14-24(23)31-26)30-16-17-32(27,28)29/h9,13-15,18-21H,8,10-12,16-17H2,1-7H3,(H2,27,28,29). The molecule has 2 rings (SSSR count). The molecule has 1 aliphatic heterocycles. The molecule has 0 amide bonds. The second-order valence-corrected chi connectivity index (χ2v) is 12.4. The molecule has 1 heterocycles. The molecule has 3 atom stereocenters. The number of rotatable bonds is 11. The molecule has 0 bridgehead atoms. The van der Waals surface area contributed by atoms with Crippen molar-refractivity contribution in [2.24, 2.45) is 17.3 Å². The fourth-order valence-corrected chi connectivity index (χ4v) is 4.60. The minimum atomic E-state index is -4.06. The van der Waals surface area contributed by atoms with Crippen LogP contribution in [0.15, 0.2) is 30.4 Å². The monoisotopic (exact) mass is 466 g/mol. The molecule has 0 radical (unpaired) electrons. The predicted octanol–water partition coefficient (Wildman–Crippen LogP) is 6.93. The number of fused-ring (bicyclic) bond motifs is 1. The smallest absolute Gasteiger partial charge is 0.328 e. The van der Waals surface area contributed by atoms with Gasteiger partial charge in [0, 0.05) is 11.0 Å². The number of hydrogen-bond acceptors (Lipinski definition) is 3. The Morgan fingerprint density at radius 3 is 2.50 bits per heavy atom. The van der Waals surface area contributed by atoms with E-state index < -0.39 is 13.2 Å². The first-order valence-corrected chi connectivity index (χ1v) is 13.7. The quantitative estimate of drug-likeness (QED) is 0.273. The molecule has 1 aromatic rings. The number of hydrogen-bond donors (Lipinski definition) is 2. The highest BCUT2D eigenvalue weighted by molar-refractivity contribution is 7.51. The normalized spacial score (nSPS) is 23.8. The van der Waals surface area contributed by atoms with Gasteiger partial charge in [-0.25, -0.2) is 0 Å². The van der Waals surface area contributed by atoms with Crippen molar-refractivity contribution in [1.29, 1.82) is 0 Å². The van der Waals surface area contributed by atoms with Crippen molar-refractivity contribution < 1.29 is 23.8 Å². The van der Waals surface area contributed by atoms with Gasteiger partial charge in [0.05, 0.1) is 12.8 Å². The van der Waals surface area contributed by atoms with E-state index in [2.05, 4.69) is 60.6 Å².